The van der Waals surface area contributed by atoms with Gasteiger partial charge in [0.1, 0.15) is 0 Å². The Labute approximate surface area is 179 Å². The molecule has 1 N–H and O–H groups in total. The molecule has 2 aliphatic heterocycles. The van der Waals surface area contributed by atoms with Crippen molar-refractivity contribution in [1.29, 1.82) is 0 Å². The first-order valence-corrected chi connectivity index (χ1v) is 11.0. The van der Waals surface area contributed by atoms with Crippen molar-refractivity contribution in [3.8, 4) is 0 Å². The molecule has 0 aliphatic carbocycles. The summed E-state index contributed by atoms with van der Waals surface area (Å²) in [6, 6.07) is 16.6. The first-order valence-electron chi connectivity index (χ1n) is 11.0. The molecule has 0 unspecified atom stereocenters. The molecule has 0 aromatic heterocycles. The van der Waals surface area contributed by atoms with Crippen LogP contribution in [0.25, 0.3) is 0 Å². The molecule has 1 fully saturated rings. The Morgan fingerprint density at radius 3 is 2.63 bits per heavy atom. The lowest BCUT2D eigenvalue weighted by Gasteiger charge is -2.34. The number of carbonyl (C=O) groups excluding carboxylic acids is 2. The number of hydrogen-bond acceptors (Lipinski definition) is 3. The van der Waals surface area contributed by atoms with E-state index in [1.54, 1.807) is 4.90 Å². The van der Waals surface area contributed by atoms with Crippen LogP contribution in [-0.2, 0) is 11.3 Å². The lowest BCUT2D eigenvalue weighted by molar-refractivity contribution is -0.132. The highest BCUT2D eigenvalue weighted by Crippen LogP contribution is 2.23. The maximum Gasteiger partial charge on any atom is 0.254 e. The molecule has 2 aromatic rings. The van der Waals surface area contributed by atoms with Gasteiger partial charge in [-0.15, -0.1) is 0 Å². The van der Waals surface area contributed by atoms with Gasteiger partial charge in [-0.2, -0.15) is 0 Å². The number of hydrogen-bond donors (Lipinski definition) is 1. The molecule has 1 atom stereocenters. The van der Waals surface area contributed by atoms with Crippen LogP contribution < -0.4 is 5.32 Å². The second-order valence-corrected chi connectivity index (χ2v) is 8.73. The summed E-state index contributed by atoms with van der Waals surface area (Å²) in [5.41, 5.74) is 4.27. The Morgan fingerprint density at radius 1 is 1.13 bits per heavy atom. The van der Waals surface area contributed by atoms with Gasteiger partial charge in [0.2, 0.25) is 5.91 Å². The van der Waals surface area contributed by atoms with Crippen molar-refractivity contribution in [2.45, 2.75) is 51.6 Å². The van der Waals surface area contributed by atoms with Gasteiger partial charge in [-0.05, 0) is 48.1 Å². The summed E-state index contributed by atoms with van der Waals surface area (Å²) in [5, 5.41) is 3.59. The van der Waals surface area contributed by atoms with Crippen LogP contribution in [0.1, 0.15) is 60.5 Å². The number of rotatable bonds is 6. The van der Waals surface area contributed by atoms with Crippen LogP contribution in [0, 0.1) is 0 Å². The second kappa shape index (κ2) is 8.90. The molecule has 5 heteroatoms. The van der Waals surface area contributed by atoms with Crippen LogP contribution in [-0.4, -0.2) is 47.3 Å². The lowest BCUT2D eigenvalue weighted by Crippen LogP contribution is -2.45. The van der Waals surface area contributed by atoms with Crippen LogP contribution in [0.15, 0.2) is 48.5 Å². The van der Waals surface area contributed by atoms with Crippen molar-refractivity contribution >= 4 is 17.5 Å². The summed E-state index contributed by atoms with van der Waals surface area (Å²) in [5.74, 6) is 0.707. The molecule has 2 heterocycles. The average molecular weight is 406 g/mol. The van der Waals surface area contributed by atoms with Crippen molar-refractivity contribution in [3.05, 3.63) is 65.2 Å². The quantitative estimate of drug-likeness (QED) is 0.781. The van der Waals surface area contributed by atoms with Gasteiger partial charge in [0, 0.05) is 49.9 Å². The molecule has 0 spiro atoms. The van der Waals surface area contributed by atoms with Crippen molar-refractivity contribution < 1.29 is 9.59 Å². The number of amides is 2. The topological polar surface area (TPSA) is 52.7 Å². The fourth-order valence-corrected chi connectivity index (χ4v) is 4.41. The molecule has 5 nitrogen and oxygen atoms in total. The fraction of sp³-hybridized carbons (Fsp3) is 0.440. The zero-order chi connectivity index (χ0) is 21.1. The third-order valence-corrected chi connectivity index (χ3v) is 6.21. The minimum Gasteiger partial charge on any atom is -0.381 e. The third-order valence-electron chi connectivity index (χ3n) is 6.21. The molecule has 2 aromatic carbocycles. The molecule has 0 bridgehead atoms. The summed E-state index contributed by atoms with van der Waals surface area (Å²) in [7, 11) is 0. The number of anilines is 1. The number of nitrogens with one attached hydrogen (secondary N) is 1. The number of likely N-dealkylation sites (tertiary alicyclic amines) is 1. The Morgan fingerprint density at radius 2 is 1.90 bits per heavy atom. The van der Waals surface area contributed by atoms with E-state index >= 15 is 0 Å². The second-order valence-electron chi connectivity index (χ2n) is 8.73. The maximum atomic E-state index is 12.8. The van der Waals surface area contributed by atoms with Gasteiger partial charge in [-0.1, -0.05) is 44.2 Å². The maximum absolute atomic E-state index is 12.8. The standard InChI is InChI=1S/C25H31N3O2/c1-18(2)19-9-11-21(12-10-19)26-22-7-5-14-27(17-22)24(29)13-15-28-16-20-6-3-4-8-23(20)25(28)30/h3-4,6,8-12,18,22,26H,5,7,13-17H2,1-2H3/t22-/m1/s1. The summed E-state index contributed by atoms with van der Waals surface area (Å²) >= 11 is 0. The molecule has 0 saturated carbocycles. The first kappa shape index (κ1) is 20.5. The molecule has 0 radical (unpaired) electrons. The highest BCUT2D eigenvalue weighted by molar-refractivity contribution is 5.98. The predicted molar refractivity (Wildman–Crippen MR) is 120 cm³/mol. The van der Waals surface area contributed by atoms with Crippen molar-refractivity contribution in [1.82, 2.24) is 9.80 Å². The van der Waals surface area contributed by atoms with Gasteiger partial charge in [0.25, 0.3) is 5.91 Å². The first-order chi connectivity index (χ1) is 14.5. The number of benzene rings is 2. The minimum atomic E-state index is 0.0430. The van der Waals surface area contributed by atoms with E-state index < -0.39 is 0 Å². The molecule has 4 rings (SSSR count). The van der Waals surface area contributed by atoms with E-state index in [0.717, 1.165) is 42.7 Å². The lowest BCUT2D eigenvalue weighted by atomic mass is 10.0. The van der Waals surface area contributed by atoms with Gasteiger partial charge in [0.05, 0.1) is 0 Å². The van der Waals surface area contributed by atoms with Crippen LogP contribution in [0.4, 0.5) is 5.69 Å². The van der Waals surface area contributed by atoms with Gasteiger partial charge in [-0.25, -0.2) is 0 Å². The van der Waals surface area contributed by atoms with Crippen LogP contribution >= 0.6 is 0 Å². The smallest absolute Gasteiger partial charge is 0.254 e. The molecule has 30 heavy (non-hydrogen) atoms. The Kier molecular flexibility index (Phi) is 6.07. The van der Waals surface area contributed by atoms with E-state index in [1.807, 2.05) is 29.2 Å². The van der Waals surface area contributed by atoms with Gasteiger partial charge in [-0.3, -0.25) is 9.59 Å². The molecule has 158 valence electrons. The van der Waals surface area contributed by atoms with E-state index in [4.69, 9.17) is 0 Å². The Bertz CT molecular complexity index is 907. The molecular weight excluding hydrogens is 374 g/mol. The SMILES string of the molecule is CC(C)c1ccc(N[C@@H]2CCCN(C(=O)CCN3Cc4ccccc4C3=O)C2)cc1. The third kappa shape index (κ3) is 4.50. The van der Waals surface area contributed by atoms with Gasteiger partial charge in [0.15, 0.2) is 0 Å². The Balaban J connectivity index is 1.28. The monoisotopic (exact) mass is 405 g/mol. The van der Waals surface area contributed by atoms with E-state index in [1.165, 1.54) is 5.56 Å². The molecule has 2 amide bonds. The summed E-state index contributed by atoms with van der Waals surface area (Å²) in [6.45, 7) is 7.01. The highest BCUT2D eigenvalue weighted by Gasteiger charge is 2.28. The van der Waals surface area contributed by atoms with Gasteiger partial charge >= 0.3 is 0 Å². The van der Waals surface area contributed by atoms with Crippen LogP contribution in [0.2, 0.25) is 0 Å². The molecule has 1 saturated heterocycles. The van der Waals surface area contributed by atoms with E-state index in [2.05, 4.69) is 43.4 Å². The van der Waals surface area contributed by atoms with Crippen molar-refractivity contribution in [3.63, 3.8) is 0 Å². The zero-order valence-electron chi connectivity index (χ0n) is 17.9. The van der Waals surface area contributed by atoms with E-state index in [9.17, 15) is 9.59 Å². The van der Waals surface area contributed by atoms with E-state index in [0.29, 0.717) is 25.4 Å². The average Bonchev–Trinajstić information content (AvgIpc) is 3.08. The Hall–Kier alpha value is -2.82. The largest absolute Gasteiger partial charge is 0.381 e. The van der Waals surface area contributed by atoms with Crippen molar-refractivity contribution in [2.75, 3.05) is 25.0 Å². The number of fused-ring (bicyclic) bond motifs is 1. The predicted octanol–water partition coefficient (Wildman–Crippen LogP) is 4.26. The molecule has 2 aliphatic rings. The zero-order valence-corrected chi connectivity index (χ0v) is 17.9. The minimum absolute atomic E-state index is 0.0430. The van der Waals surface area contributed by atoms with E-state index in [-0.39, 0.29) is 17.9 Å². The summed E-state index contributed by atoms with van der Waals surface area (Å²) in [4.78, 5) is 29.1. The molecular formula is C25H31N3O2. The number of carbonyl (C=O) groups is 2. The van der Waals surface area contributed by atoms with Crippen LogP contribution in [0.5, 0.6) is 0 Å². The normalized spacial score (nSPS) is 18.6. The highest BCUT2D eigenvalue weighted by atomic mass is 16.2. The van der Waals surface area contributed by atoms with Crippen molar-refractivity contribution in [2.24, 2.45) is 0 Å². The summed E-state index contributed by atoms with van der Waals surface area (Å²) in [6.07, 6.45) is 2.45. The number of nitrogens with zero attached hydrogens (tertiary/aromatic N) is 2. The van der Waals surface area contributed by atoms with Crippen LogP contribution in [0.3, 0.4) is 0 Å². The number of piperidine rings is 1. The summed E-state index contributed by atoms with van der Waals surface area (Å²) < 4.78 is 0. The van der Waals surface area contributed by atoms with Gasteiger partial charge < -0.3 is 15.1 Å². The fourth-order valence-electron chi connectivity index (χ4n) is 4.41.